The Labute approximate surface area is 180 Å². The van der Waals surface area contributed by atoms with Gasteiger partial charge in [0.2, 0.25) is 0 Å². The van der Waals surface area contributed by atoms with Gasteiger partial charge in [-0.25, -0.2) is 0 Å². The van der Waals surface area contributed by atoms with Crippen LogP contribution in [0.4, 0.5) is 5.69 Å². The predicted molar refractivity (Wildman–Crippen MR) is 118 cm³/mol. The van der Waals surface area contributed by atoms with Gasteiger partial charge in [0, 0.05) is 25.4 Å². The molecule has 2 aliphatic rings. The van der Waals surface area contributed by atoms with Crippen molar-refractivity contribution in [1.29, 1.82) is 0 Å². The van der Waals surface area contributed by atoms with Crippen molar-refractivity contribution in [3.63, 3.8) is 0 Å². The average Bonchev–Trinajstić information content (AvgIpc) is 2.77. The van der Waals surface area contributed by atoms with E-state index in [1.807, 2.05) is 17.0 Å². The third-order valence-corrected chi connectivity index (χ3v) is 6.14. The van der Waals surface area contributed by atoms with Gasteiger partial charge in [-0.15, -0.1) is 0 Å². The largest absolute Gasteiger partial charge is 0.484 e. The zero-order valence-corrected chi connectivity index (χ0v) is 18.5. The van der Waals surface area contributed by atoms with E-state index in [0.717, 1.165) is 58.0 Å². The standard InChI is InChI=1S/C24H36N2O4/c1-3-16-30-24(13-7-8-19(2)17-24)23(28)25-20-9-11-21(12-10-20)29-18-22(27)26-14-5-4-6-15-26/h9-12,19H,3-8,13-18H2,1-2H3,(H,25,28)/t19-,24+/m1/s1. The number of benzene rings is 1. The molecule has 1 aromatic rings. The molecule has 0 unspecified atom stereocenters. The van der Waals surface area contributed by atoms with Crippen LogP contribution in [-0.2, 0) is 14.3 Å². The maximum Gasteiger partial charge on any atom is 0.260 e. The summed E-state index contributed by atoms with van der Waals surface area (Å²) >= 11 is 0. The van der Waals surface area contributed by atoms with Crippen LogP contribution < -0.4 is 10.1 Å². The lowest BCUT2D eigenvalue weighted by atomic mass is 9.78. The molecule has 1 aliphatic heterocycles. The zero-order chi connectivity index (χ0) is 21.4. The summed E-state index contributed by atoms with van der Waals surface area (Å²) in [7, 11) is 0. The molecule has 1 aromatic carbocycles. The number of amides is 2. The molecule has 1 heterocycles. The molecule has 2 amide bonds. The van der Waals surface area contributed by atoms with Crippen LogP contribution in [0.2, 0.25) is 0 Å². The van der Waals surface area contributed by atoms with Crippen molar-refractivity contribution >= 4 is 17.5 Å². The lowest BCUT2D eigenvalue weighted by Gasteiger charge is -2.38. The molecule has 166 valence electrons. The predicted octanol–water partition coefficient (Wildman–Crippen LogP) is 4.39. The number of hydrogen-bond donors (Lipinski definition) is 1. The van der Waals surface area contributed by atoms with E-state index >= 15 is 0 Å². The molecule has 30 heavy (non-hydrogen) atoms. The number of likely N-dealkylation sites (tertiary alicyclic amines) is 1. The lowest BCUT2D eigenvalue weighted by Crippen LogP contribution is -2.48. The van der Waals surface area contributed by atoms with Crippen molar-refractivity contribution in [2.24, 2.45) is 5.92 Å². The van der Waals surface area contributed by atoms with E-state index in [4.69, 9.17) is 9.47 Å². The molecule has 6 nitrogen and oxygen atoms in total. The Morgan fingerprint density at radius 3 is 2.53 bits per heavy atom. The van der Waals surface area contributed by atoms with Crippen molar-refractivity contribution in [2.75, 3.05) is 31.6 Å². The number of ether oxygens (including phenoxy) is 2. The zero-order valence-electron chi connectivity index (χ0n) is 18.5. The van der Waals surface area contributed by atoms with Gasteiger partial charge in [-0.05, 0) is 75.1 Å². The maximum atomic E-state index is 13.1. The van der Waals surface area contributed by atoms with Crippen LogP contribution in [0, 0.1) is 5.92 Å². The van der Waals surface area contributed by atoms with E-state index in [1.54, 1.807) is 12.1 Å². The van der Waals surface area contributed by atoms with Gasteiger partial charge in [0.25, 0.3) is 11.8 Å². The molecule has 1 aliphatic carbocycles. The van der Waals surface area contributed by atoms with Crippen molar-refractivity contribution in [2.45, 2.75) is 70.8 Å². The summed E-state index contributed by atoms with van der Waals surface area (Å²) in [5.74, 6) is 1.08. The SMILES string of the molecule is CCCO[C@@]1(C(=O)Nc2ccc(OCC(=O)N3CCCCC3)cc2)CCC[C@@H](C)C1. The van der Waals surface area contributed by atoms with Crippen molar-refractivity contribution in [1.82, 2.24) is 4.90 Å². The Kier molecular flexibility index (Phi) is 8.14. The van der Waals surface area contributed by atoms with E-state index in [-0.39, 0.29) is 18.4 Å². The fraction of sp³-hybridized carbons (Fsp3) is 0.667. The van der Waals surface area contributed by atoms with Crippen LogP contribution in [0.5, 0.6) is 5.75 Å². The third kappa shape index (κ3) is 5.97. The quantitative estimate of drug-likeness (QED) is 0.682. The number of carbonyl (C=O) groups excluding carboxylic acids is 2. The fourth-order valence-corrected chi connectivity index (χ4v) is 4.46. The Morgan fingerprint density at radius 2 is 1.87 bits per heavy atom. The molecule has 0 aromatic heterocycles. The second-order valence-corrected chi connectivity index (χ2v) is 8.75. The van der Waals surface area contributed by atoms with Gasteiger partial charge in [-0.2, -0.15) is 0 Å². The highest BCUT2D eigenvalue weighted by atomic mass is 16.5. The molecular weight excluding hydrogens is 380 g/mol. The minimum absolute atomic E-state index is 0.0357. The van der Waals surface area contributed by atoms with Gasteiger partial charge >= 0.3 is 0 Å². The molecule has 1 saturated carbocycles. The van der Waals surface area contributed by atoms with Gasteiger partial charge < -0.3 is 19.7 Å². The Hall–Kier alpha value is -2.08. The van der Waals surface area contributed by atoms with Crippen molar-refractivity contribution in [3.8, 4) is 5.75 Å². The van der Waals surface area contributed by atoms with Crippen LogP contribution in [0.3, 0.4) is 0 Å². The highest BCUT2D eigenvalue weighted by Gasteiger charge is 2.42. The summed E-state index contributed by atoms with van der Waals surface area (Å²) in [6.07, 6.45) is 7.92. The number of nitrogens with one attached hydrogen (secondary N) is 1. The van der Waals surface area contributed by atoms with Crippen LogP contribution in [-0.4, -0.2) is 48.6 Å². The van der Waals surface area contributed by atoms with Crippen LogP contribution >= 0.6 is 0 Å². The Morgan fingerprint density at radius 1 is 1.13 bits per heavy atom. The van der Waals surface area contributed by atoms with E-state index in [2.05, 4.69) is 19.2 Å². The van der Waals surface area contributed by atoms with Gasteiger partial charge in [0.15, 0.2) is 6.61 Å². The molecule has 1 saturated heterocycles. The Balaban J connectivity index is 1.54. The van der Waals surface area contributed by atoms with Crippen LogP contribution in [0.1, 0.15) is 65.2 Å². The molecule has 6 heteroatoms. The van der Waals surface area contributed by atoms with Gasteiger partial charge in [0.05, 0.1) is 0 Å². The van der Waals surface area contributed by atoms with E-state index in [9.17, 15) is 9.59 Å². The first-order chi connectivity index (χ1) is 14.5. The second-order valence-electron chi connectivity index (χ2n) is 8.75. The topological polar surface area (TPSA) is 67.9 Å². The van der Waals surface area contributed by atoms with Gasteiger partial charge in [-0.1, -0.05) is 20.3 Å². The molecule has 1 N–H and O–H groups in total. The summed E-state index contributed by atoms with van der Waals surface area (Å²) < 4.78 is 11.7. The molecule has 2 fully saturated rings. The summed E-state index contributed by atoms with van der Waals surface area (Å²) in [4.78, 5) is 27.2. The highest BCUT2D eigenvalue weighted by molar-refractivity contribution is 5.97. The van der Waals surface area contributed by atoms with E-state index < -0.39 is 5.60 Å². The van der Waals surface area contributed by atoms with Crippen molar-refractivity contribution in [3.05, 3.63) is 24.3 Å². The summed E-state index contributed by atoms with van der Waals surface area (Å²) in [6, 6.07) is 7.22. The number of hydrogen-bond acceptors (Lipinski definition) is 4. The van der Waals surface area contributed by atoms with Gasteiger partial charge in [0.1, 0.15) is 11.4 Å². The first-order valence-corrected chi connectivity index (χ1v) is 11.5. The number of piperidine rings is 1. The fourth-order valence-electron chi connectivity index (χ4n) is 4.46. The molecule has 0 radical (unpaired) electrons. The van der Waals surface area contributed by atoms with Crippen LogP contribution in [0.25, 0.3) is 0 Å². The lowest BCUT2D eigenvalue weighted by molar-refractivity contribution is -0.148. The van der Waals surface area contributed by atoms with Gasteiger partial charge in [-0.3, -0.25) is 9.59 Å². The second kappa shape index (κ2) is 10.8. The van der Waals surface area contributed by atoms with Crippen LogP contribution in [0.15, 0.2) is 24.3 Å². The number of anilines is 1. The molecule has 2 atom stereocenters. The van der Waals surface area contributed by atoms with Crippen molar-refractivity contribution < 1.29 is 19.1 Å². The molecule has 0 bridgehead atoms. The highest BCUT2D eigenvalue weighted by Crippen LogP contribution is 2.36. The number of nitrogens with zero attached hydrogens (tertiary/aromatic N) is 1. The third-order valence-electron chi connectivity index (χ3n) is 6.14. The summed E-state index contributed by atoms with van der Waals surface area (Å²) in [6.45, 7) is 6.55. The van der Waals surface area contributed by atoms with E-state index in [1.165, 1.54) is 6.42 Å². The number of rotatable bonds is 8. The molecule has 3 rings (SSSR count). The minimum atomic E-state index is -0.732. The molecule has 0 spiro atoms. The first kappa shape index (κ1) is 22.6. The number of carbonyl (C=O) groups is 2. The smallest absolute Gasteiger partial charge is 0.260 e. The molecular formula is C24H36N2O4. The monoisotopic (exact) mass is 416 g/mol. The Bertz CT molecular complexity index is 700. The summed E-state index contributed by atoms with van der Waals surface area (Å²) in [5, 5.41) is 3.03. The normalized spacial score (nSPS) is 24.3. The minimum Gasteiger partial charge on any atom is -0.484 e. The summed E-state index contributed by atoms with van der Waals surface area (Å²) in [5.41, 5.74) is -0.0172. The average molecular weight is 417 g/mol. The maximum absolute atomic E-state index is 13.1. The first-order valence-electron chi connectivity index (χ1n) is 11.5. The van der Waals surface area contributed by atoms with E-state index in [0.29, 0.717) is 24.0 Å².